The lowest BCUT2D eigenvalue weighted by molar-refractivity contribution is -0.384. The van der Waals surface area contributed by atoms with Gasteiger partial charge >= 0.3 is 0 Å². The van der Waals surface area contributed by atoms with Gasteiger partial charge < -0.3 is 10.3 Å². The summed E-state index contributed by atoms with van der Waals surface area (Å²) in [4.78, 5) is 24.5. The number of hydrogen-bond acceptors (Lipinski definition) is 5. The number of benzene rings is 1. The zero-order valence-electron chi connectivity index (χ0n) is 11.6. The summed E-state index contributed by atoms with van der Waals surface area (Å²) in [5.41, 5.74) is 2.08. The van der Waals surface area contributed by atoms with Crippen molar-refractivity contribution in [3.05, 3.63) is 32.8 Å². The van der Waals surface area contributed by atoms with E-state index in [0.717, 1.165) is 25.7 Å². The van der Waals surface area contributed by atoms with Crippen molar-refractivity contribution in [2.45, 2.75) is 31.7 Å². The summed E-state index contributed by atoms with van der Waals surface area (Å²) in [6.45, 7) is 0. The van der Waals surface area contributed by atoms with Crippen LogP contribution in [-0.2, 0) is 0 Å². The molecule has 0 aliphatic heterocycles. The Balaban J connectivity index is 2.35. The zero-order valence-corrected chi connectivity index (χ0v) is 12.4. The highest BCUT2D eigenvalue weighted by atomic mass is 35.5. The minimum absolute atomic E-state index is 0.00161. The Labute approximate surface area is 127 Å². The van der Waals surface area contributed by atoms with E-state index in [1.807, 2.05) is 0 Å². The number of nitro groups is 1. The Morgan fingerprint density at radius 1 is 1.48 bits per heavy atom. The van der Waals surface area contributed by atoms with Crippen molar-refractivity contribution in [1.82, 2.24) is 4.90 Å². The monoisotopic (exact) mass is 312 g/mol. The molecule has 0 radical (unpaired) electrons. The number of nitrogens with zero attached hydrogens (tertiary/aromatic N) is 2. The third-order valence-corrected chi connectivity index (χ3v) is 4.15. The maximum atomic E-state index is 12.5. The first-order valence-electron chi connectivity index (χ1n) is 6.67. The summed E-state index contributed by atoms with van der Waals surface area (Å²) in [5, 5.41) is 11.1. The van der Waals surface area contributed by atoms with E-state index in [1.54, 1.807) is 11.9 Å². The molecule has 1 aromatic rings. The number of anilines is 1. The third-order valence-electron chi connectivity index (χ3n) is 3.85. The molecule has 0 unspecified atom stereocenters. The van der Waals surface area contributed by atoms with E-state index in [9.17, 15) is 14.9 Å². The molecule has 1 fully saturated rings. The summed E-state index contributed by atoms with van der Waals surface area (Å²) in [7, 11) is 1.72. The second-order valence-corrected chi connectivity index (χ2v) is 5.52. The number of hydrogen-bond donors (Lipinski definition) is 2. The predicted molar refractivity (Wildman–Crippen MR) is 80.3 cm³/mol. The predicted octanol–water partition coefficient (Wildman–Crippen LogP) is 2.55. The fourth-order valence-corrected chi connectivity index (χ4v) is 2.93. The summed E-state index contributed by atoms with van der Waals surface area (Å²) >= 11 is 5.97. The minimum atomic E-state index is -0.618. The summed E-state index contributed by atoms with van der Waals surface area (Å²) in [5.74, 6) is 4.97. The van der Waals surface area contributed by atoms with Crippen LogP contribution in [0.3, 0.4) is 0 Å². The second kappa shape index (κ2) is 6.28. The van der Waals surface area contributed by atoms with Crippen LogP contribution in [0.5, 0.6) is 0 Å². The maximum Gasteiger partial charge on any atom is 0.295 e. The molecule has 0 bridgehead atoms. The Bertz CT molecular complexity index is 573. The first kappa shape index (κ1) is 15.5. The Hall–Kier alpha value is -1.86. The zero-order chi connectivity index (χ0) is 15.6. The van der Waals surface area contributed by atoms with E-state index >= 15 is 0 Å². The molecule has 1 aliphatic carbocycles. The average Bonchev–Trinajstić information content (AvgIpc) is 2.98. The smallest absolute Gasteiger partial charge is 0.295 e. The van der Waals surface area contributed by atoms with E-state index in [0.29, 0.717) is 0 Å². The lowest BCUT2D eigenvalue weighted by atomic mass is 10.1. The number of nitrogens with two attached hydrogens (primary N) is 1. The summed E-state index contributed by atoms with van der Waals surface area (Å²) < 4.78 is 0. The molecule has 114 valence electrons. The number of amides is 1. The average molecular weight is 313 g/mol. The quantitative estimate of drug-likeness (QED) is 0.505. The van der Waals surface area contributed by atoms with Crippen LogP contribution in [0.1, 0.15) is 36.0 Å². The van der Waals surface area contributed by atoms with Crippen molar-refractivity contribution < 1.29 is 9.72 Å². The van der Waals surface area contributed by atoms with E-state index in [1.165, 1.54) is 12.1 Å². The van der Waals surface area contributed by atoms with Gasteiger partial charge in [-0.1, -0.05) is 24.4 Å². The van der Waals surface area contributed by atoms with Crippen LogP contribution in [0, 0.1) is 10.1 Å². The molecule has 0 aromatic heterocycles. The van der Waals surface area contributed by atoms with Gasteiger partial charge in [-0.15, -0.1) is 0 Å². The van der Waals surface area contributed by atoms with Crippen LogP contribution < -0.4 is 11.3 Å². The molecule has 1 saturated carbocycles. The molecule has 0 spiro atoms. The lowest BCUT2D eigenvalue weighted by Gasteiger charge is -2.24. The van der Waals surface area contributed by atoms with Crippen molar-refractivity contribution in [2.75, 3.05) is 12.5 Å². The molecule has 7 nitrogen and oxygen atoms in total. The van der Waals surface area contributed by atoms with Gasteiger partial charge in [0.05, 0.1) is 9.95 Å². The highest BCUT2D eigenvalue weighted by molar-refractivity contribution is 6.34. The Morgan fingerprint density at radius 2 is 2.10 bits per heavy atom. The topological polar surface area (TPSA) is 102 Å². The van der Waals surface area contributed by atoms with Gasteiger partial charge in [0, 0.05) is 24.7 Å². The van der Waals surface area contributed by atoms with Gasteiger partial charge in [0.25, 0.3) is 11.6 Å². The second-order valence-electron chi connectivity index (χ2n) is 5.11. The van der Waals surface area contributed by atoms with Crippen LogP contribution in [0.2, 0.25) is 5.02 Å². The van der Waals surface area contributed by atoms with Crippen LogP contribution in [-0.4, -0.2) is 28.8 Å². The van der Waals surface area contributed by atoms with Gasteiger partial charge in [0.1, 0.15) is 5.69 Å². The number of halogens is 1. The first-order chi connectivity index (χ1) is 9.95. The molecule has 8 heteroatoms. The van der Waals surface area contributed by atoms with Crippen LogP contribution in [0.25, 0.3) is 0 Å². The van der Waals surface area contributed by atoms with Crippen molar-refractivity contribution >= 4 is 28.9 Å². The Kier molecular flexibility index (Phi) is 4.64. The van der Waals surface area contributed by atoms with E-state index in [-0.39, 0.29) is 33.9 Å². The third kappa shape index (κ3) is 3.08. The summed E-state index contributed by atoms with van der Waals surface area (Å²) in [6, 6.07) is 2.79. The largest absolute Gasteiger partial charge is 0.339 e. The molecule has 2 rings (SSSR count). The number of rotatable bonds is 4. The number of nitro benzene ring substituents is 1. The van der Waals surface area contributed by atoms with Gasteiger partial charge in [-0.05, 0) is 18.9 Å². The molecular formula is C13H17ClN4O3. The van der Waals surface area contributed by atoms with E-state index < -0.39 is 4.92 Å². The van der Waals surface area contributed by atoms with Gasteiger partial charge in [0.15, 0.2) is 0 Å². The SMILES string of the molecule is CN(C(=O)c1cc(Cl)c(NN)c([N+](=O)[O-])c1)C1CCCC1. The highest BCUT2D eigenvalue weighted by Gasteiger charge is 2.27. The molecule has 0 heterocycles. The standard InChI is InChI=1S/C13H17ClN4O3/c1-17(9-4-2-3-5-9)13(19)8-6-10(14)12(16-15)11(7-8)18(20)21/h6-7,9,16H,2-5,15H2,1H3. The van der Waals surface area contributed by atoms with Crippen molar-refractivity contribution in [3.63, 3.8) is 0 Å². The van der Waals surface area contributed by atoms with Crippen LogP contribution in [0.4, 0.5) is 11.4 Å². The highest BCUT2D eigenvalue weighted by Crippen LogP contribution is 2.34. The summed E-state index contributed by atoms with van der Waals surface area (Å²) in [6.07, 6.45) is 4.11. The normalized spacial score (nSPS) is 15.0. The lowest BCUT2D eigenvalue weighted by Crippen LogP contribution is -2.35. The minimum Gasteiger partial charge on any atom is -0.339 e. The van der Waals surface area contributed by atoms with Gasteiger partial charge in [0.2, 0.25) is 0 Å². The number of carbonyl (C=O) groups is 1. The number of nitrogen functional groups attached to an aromatic ring is 1. The molecule has 1 aromatic carbocycles. The molecule has 0 saturated heterocycles. The Morgan fingerprint density at radius 3 is 2.62 bits per heavy atom. The molecular weight excluding hydrogens is 296 g/mol. The molecule has 0 atom stereocenters. The number of carbonyl (C=O) groups excluding carboxylic acids is 1. The first-order valence-corrected chi connectivity index (χ1v) is 7.05. The molecule has 1 aliphatic rings. The fourth-order valence-electron chi connectivity index (χ4n) is 2.66. The number of hydrazine groups is 1. The molecule has 21 heavy (non-hydrogen) atoms. The van der Waals surface area contributed by atoms with Gasteiger partial charge in [-0.2, -0.15) is 0 Å². The van der Waals surface area contributed by atoms with Gasteiger partial charge in [-0.3, -0.25) is 20.8 Å². The number of nitrogens with one attached hydrogen (secondary N) is 1. The maximum absolute atomic E-state index is 12.5. The van der Waals surface area contributed by atoms with Crippen molar-refractivity contribution in [1.29, 1.82) is 0 Å². The molecule has 3 N–H and O–H groups in total. The fraction of sp³-hybridized carbons (Fsp3) is 0.462. The molecule has 1 amide bonds. The van der Waals surface area contributed by atoms with E-state index in [2.05, 4.69) is 5.43 Å². The van der Waals surface area contributed by atoms with E-state index in [4.69, 9.17) is 17.4 Å². The van der Waals surface area contributed by atoms with Crippen LogP contribution in [0.15, 0.2) is 12.1 Å². The van der Waals surface area contributed by atoms with Crippen molar-refractivity contribution in [2.24, 2.45) is 5.84 Å². The van der Waals surface area contributed by atoms with Gasteiger partial charge in [-0.25, -0.2) is 0 Å². The van der Waals surface area contributed by atoms with Crippen LogP contribution >= 0.6 is 11.6 Å². The van der Waals surface area contributed by atoms with Crippen molar-refractivity contribution in [3.8, 4) is 0 Å².